The topological polar surface area (TPSA) is 50.7 Å². The second kappa shape index (κ2) is 4.51. The molecule has 0 saturated heterocycles. The molecule has 1 heterocycles. The van der Waals surface area contributed by atoms with Gasteiger partial charge in [0.05, 0.1) is 13.7 Å². The fourth-order valence-electron chi connectivity index (χ4n) is 1.89. The normalized spacial score (nSPS) is 19.2. The summed E-state index contributed by atoms with van der Waals surface area (Å²) in [6.45, 7) is 1.25. The van der Waals surface area contributed by atoms with E-state index < -0.39 is 0 Å². The van der Waals surface area contributed by atoms with Crippen LogP contribution in [-0.4, -0.2) is 25.5 Å². The van der Waals surface area contributed by atoms with Gasteiger partial charge in [-0.1, -0.05) is 6.07 Å². The zero-order valence-electron chi connectivity index (χ0n) is 8.69. The van der Waals surface area contributed by atoms with Gasteiger partial charge in [-0.05, 0) is 18.1 Å². The second-order valence-corrected chi connectivity index (χ2v) is 3.60. The van der Waals surface area contributed by atoms with Crippen molar-refractivity contribution in [3.05, 3.63) is 23.8 Å². The Balaban J connectivity index is 2.28. The molecule has 0 amide bonds. The van der Waals surface area contributed by atoms with Crippen molar-refractivity contribution < 1.29 is 14.7 Å². The molecule has 1 aromatic carbocycles. The van der Waals surface area contributed by atoms with Crippen molar-refractivity contribution in [3.63, 3.8) is 0 Å². The van der Waals surface area contributed by atoms with Crippen molar-refractivity contribution in [1.82, 2.24) is 5.48 Å². The quantitative estimate of drug-likeness (QED) is 0.741. The lowest BCUT2D eigenvalue weighted by atomic mass is 9.93. The maximum atomic E-state index is 8.73. The van der Waals surface area contributed by atoms with Crippen LogP contribution < -0.4 is 15.0 Å². The van der Waals surface area contributed by atoms with Gasteiger partial charge in [0.1, 0.15) is 11.5 Å². The van der Waals surface area contributed by atoms with Crippen LogP contribution in [0.25, 0.3) is 0 Å². The lowest BCUT2D eigenvalue weighted by molar-refractivity contribution is 0.149. The minimum Gasteiger partial charge on any atom is -0.497 e. The number of fused-ring (bicyclic) bond motifs is 1. The van der Waals surface area contributed by atoms with Crippen LogP contribution in [0.2, 0.25) is 0 Å². The van der Waals surface area contributed by atoms with Crippen molar-refractivity contribution in [2.45, 2.75) is 12.3 Å². The predicted octanol–water partition coefficient (Wildman–Crippen LogP) is 1.54. The predicted molar refractivity (Wildman–Crippen MR) is 55.6 cm³/mol. The fraction of sp³-hybridized carbons (Fsp3) is 0.455. The summed E-state index contributed by atoms with van der Waals surface area (Å²) >= 11 is 0. The average Bonchev–Trinajstić information content (AvgIpc) is 2.29. The van der Waals surface area contributed by atoms with Gasteiger partial charge in [0.15, 0.2) is 0 Å². The van der Waals surface area contributed by atoms with Gasteiger partial charge in [0, 0.05) is 18.5 Å². The number of hydrogen-bond acceptors (Lipinski definition) is 4. The van der Waals surface area contributed by atoms with Gasteiger partial charge in [0.2, 0.25) is 0 Å². The Kier molecular flexibility index (Phi) is 3.08. The number of ether oxygens (including phenoxy) is 2. The molecule has 1 atom stereocenters. The van der Waals surface area contributed by atoms with Gasteiger partial charge >= 0.3 is 0 Å². The Morgan fingerprint density at radius 1 is 1.60 bits per heavy atom. The molecular formula is C11H15NO3. The van der Waals surface area contributed by atoms with Gasteiger partial charge in [-0.3, -0.25) is 0 Å². The molecule has 1 aliphatic heterocycles. The van der Waals surface area contributed by atoms with Gasteiger partial charge in [-0.2, -0.15) is 0 Å². The Hall–Kier alpha value is -1.26. The third kappa shape index (κ3) is 2.06. The monoisotopic (exact) mass is 209 g/mol. The first-order chi connectivity index (χ1) is 7.35. The van der Waals surface area contributed by atoms with Crippen molar-refractivity contribution in [2.75, 3.05) is 20.3 Å². The van der Waals surface area contributed by atoms with Crippen LogP contribution in [0.3, 0.4) is 0 Å². The summed E-state index contributed by atoms with van der Waals surface area (Å²) in [4.78, 5) is 0. The molecule has 1 aromatic rings. The third-order valence-corrected chi connectivity index (χ3v) is 2.72. The molecule has 4 nitrogen and oxygen atoms in total. The smallest absolute Gasteiger partial charge is 0.126 e. The molecule has 1 unspecified atom stereocenters. The highest BCUT2D eigenvalue weighted by atomic mass is 16.5. The Bertz CT molecular complexity index is 341. The molecule has 2 N–H and O–H groups in total. The average molecular weight is 209 g/mol. The molecule has 0 radical (unpaired) electrons. The van der Waals surface area contributed by atoms with E-state index in [2.05, 4.69) is 5.48 Å². The van der Waals surface area contributed by atoms with E-state index in [1.165, 1.54) is 0 Å². The third-order valence-electron chi connectivity index (χ3n) is 2.72. The van der Waals surface area contributed by atoms with Crippen LogP contribution >= 0.6 is 0 Å². The molecule has 0 saturated carbocycles. The largest absolute Gasteiger partial charge is 0.497 e. The number of methoxy groups -OCH3 is 1. The highest BCUT2D eigenvalue weighted by Gasteiger charge is 2.21. The van der Waals surface area contributed by atoms with Crippen LogP contribution in [0.4, 0.5) is 0 Å². The summed E-state index contributed by atoms with van der Waals surface area (Å²) in [7, 11) is 1.64. The molecular weight excluding hydrogens is 194 g/mol. The number of hydrogen-bond donors (Lipinski definition) is 2. The van der Waals surface area contributed by atoms with E-state index in [0.717, 1.165) is 23.5 Å². The van der Waals surface area contributed by atoms with E-state index in [1.807, 2.05) is 18.2 Å². The van der Waals surface area contributed by atoms with E-state index in [1.54, 1.807) is 7.11 Å². The van der Waals surface area contributed by atoms with Crippen molar-refractivity contribution >= 4 is 0 Å². The summed E-state index contributed by atoms with van der Waals surface area (Å²) in [6.07, 6.45) is 0.924. The van der Waals surface area contributed by atoms with Crippen LogP contribution in [0, 0.1) is 0 Å². The van der Waals surface area contributed by atoms with Crippen LogP contribution in [0.15, 0.2) is 18.2 Å². The molecule has 0 bridgehead atoms. The van der Waals surface area contributed by atoms with Crippen molar-refractivity contribution in [1.29, 1.82) is 0 Å². The summed E-state index contributed by atoms with van der Waals surface area (Å²) in [6, 6.07) is 5.80. The van der Waals surface area contributed by atoms with E-state index >= 15 is 0 Å². The fourth-order valence-corrected chi connectivity index (χ4v) is 1.89. The highest BCUT2D eigenvalue weighted by Crippen LogP contribution is 2.35. The van der Waals surface area contributed by atoms with Crippen LogP contribution in [-0.2, 0) is 0 Å². The molecule has 1 aliphatic rings. The second-order valence-electron chi connectivity index (χ2n) is 3.60. The maximum Gasteiger partial charge on any atom is 0.126 e. The van der Waals surface area contributed by atoms with Gasteiger partial charge in [-0.25, -0.2) is 5.48 Å². The lowest BCUT2D eigenvalue weighted by Crippen LogP contribution is -2.23. The minimum absolute atomic E-state index is 0.310. The molecule has 2 rings (SSSR count). The summed E-state index contributed by atoms with van der Waals surface area (Å²) in [5.41, 5.74) is 3.35. The van der Waals surface area contributed by atoms with E-state index in [0.29, 0.717) is 19.1 Å². The van der Waals surface area contributed by atoms with E-state index in [4.69, 9.17) is 14.7 Å². The first kappa shape index (κ1) is 10.3. The molecule has 82 valence electrons. The van der Waals surface area contributed by atoms with Crippen molar-refractivity contribution in [3.8, 4) is 11.5 Å². The number of nitrogens with one attached hydrogen (secondary N) is 1. The number of hydroxylamine groups is 1. The lowest BCUT2D eigenvalue weighted by Gasteiger charge is -2.25. The van der Waals surface area contributed by atoms with Gasteiger partial charge in [0.25, 0.3) is 0 Å². The molecule has 0 aliphatic carbocycles. The first-order valence-electron chi connectivity index (χ1n) is 5.03. The minimum atomic E-state index is 0.310. The zero-order valence-corrected chi connectivity index (χ0v) is 8.69. The number of benzene rings is 1. The maximum absolute atomic E-state index is 8.73. The molecule has 0 fully saturated rings. The SMILES string of the molecule is COc1ccc2c(c1)OCCC2CNO. The summed E-state index contributed by atoms with van der Waals surface area (Å²) < 4.78 is 10.7. The highest BCUT2D eigenvalue weighted by molar-refractivity contribution is 5.43. The Morgan fingerprint density at radius 3 is 3.20 bits per heavy atom. The van der Waals surface area contributed by atoms with Crippen LogP contribution in [0.5, 0.6) is 11.5 Å². The molecule has 4 heteroatoms. The van der Waals surface area contributed by atoms with Crippen molar-refractivity contribution in [2.24, 2.45) is 0 Å². The first-order valence-corrected chi connectivity index (χ1v) is 5.03. The molecule has 0 aromatic heterocycles. The molecule has 0 spiro atoms. The number of rotatable bonds is 3. The standard InChI is InChI=1S/C11H15NO3/c1-14-9-2-3-10-8(7-12-13)4-5-15-11(10)6-9/h2-3,6,8,12-13H,4-5,7H2,1H3. The Labute approximate surface area is 88.8 Å². The van der Waals surface area contributed by atoms with Crippen LogP contribution in [0.1, 0.15) is 17.9 Å². The summed E-state index contributed by atoms with van der Waals surface area (Å²) in [5.74, 6) is 1.97. The van der Waals surface area contributed by atoms with Gasteiger partial charge < -0.3 is 14.7 Å². The van der Waals surface area contributed by atoms with Gasteiger partial charge in [-0.15, -0.1) is 0 Å². The van der Waals surface area contributed by atoms with E-state index in [9.17, 15) is 0 Å². The molecule has 15 heavy (non-hydrogen) atoms. The summed E-state index contributed by atoms with van der Waals surface area (Å²) in [5, 5.41) is 8.73. The Morgan fingerprint density at radius 2 is 2.47 bits per heavy atom. The van der Waals surface area contributed by atoms with E-state index in [-0.39, 0.29) is 0 Å². The zero-order chi connectivity index (χ0) is 10.7.